The fourth-order valence-electron chi connectivity index (χ4n) is 2.87. The molecule has 0 aliphatic carbocycles. The molecule has 1 atom stereocenters. The number of rotatable bonds is 9. The van der Waals surface area contributed by atoms with Crippen molar-refractivity contribution >= 4 is 23.3 Å². The number of esters is 1. The highest BCUT2D eigenvalue weighted by Crippen LogP contribution is 2.24. The van der Waals surface area contributed by atoms with Gasteiger partial charge in [-0.3, -0.25) is 9.89 Å². The van der Waals surface area contributed by atoms with Gasteiger partial charge < -0.3 is 15.4 Å². The van der Waals surface area contributed by atoms with Crippen LogP contribution < -0.4 is 10.6 Å². The van der Waals surface area contributed by atoms with Gasteiger partial charge in [0.25, 0.3) is 0 Å². The average Bonchev–Trinajstić information content (AvgIpc) is 2.99. The highest BCUT2D eigenvalue weighted by molar-refractivity contribution is 7.13. The van der Waals surface area contributed by atoms with E-state index in [2.05, 4.69) is 53.2 Å². The molecule has 0 fully saturated rings. The van der Waals surface area contributed by atoms with E-state index in [9.17, 15) is 4.79 Å². The van der Waals surface area contributed by atoms with Gasteiger partial charge in [-0.05, 0) is 48.5 Å². The van der Waals surface area contributed by atoms with E-state index in [1.165, 1.54) is 11.3 Å². The maximum atomic E-state index is 12.0. The molecule has 1 aromatic heterocycles. The Hall–Kier alpha value is -1.67. The lowest BCUT2D eigenvalue weighted by molar-refractivity contribution is 0.0531. The molecule has 1 rings (SSSR count). The molecule has 8 heteroatoms. The molecule has 7 nitrogen and oxygen atoms in total. The number of thiazole rings is 1. The van der Waals surface area contributed by atoms with Gasteiger partial charge in [0.15, 0.2) is 5.96 Å². The second-order valence-electron chi connectivity index (χ2n) is 6.98. The number of hydrogen-bond donors (Lipinski definition) is 2. The molecule has 1 unspecified atom stereocenters. The molecule has 0 spiro atoms. The van der Waals surface area contributed by atoms with Crippen LogP contribution in [0.5, 0.6) is 0 Å². The molecule has 0 radical (unpaired) electrons. The molecule has 0 amide bonds. The van der Waals surface area contributed by atoms with Crippen LogP contribution in [0.15, 0.2) is 4.99 Å². The summed E-state index contributed by atoms with van der Waals surface area (Å²) in [5, 5.41) is 7.54. The van der Waals surface area contributed by atoms with Crippen molar-refractivity contribution in [2.75, 3.05) is 26.7 Å². The first-order valence-corrected chi connectivity index (χ1v) is 10.4. The van der Waals surface area contributed by atoms with Gasteiger partial charge in [-0.25, -0.2) is 9.78 Å². The van der Waals surface area contributed by atoms with Crippen LogP contribution in [0.4, 0.5) is 0 Å². The molecular weight excluding hydrogens is 362 g/mol. The third-order valence-corrected chi connectivity index (χ3v) is 5.53. The van der Waals surface area contributed by atoms with Gasteiger partial charge in [-0.15, -0.1) is 11.3 Å². The molecule has 0 aliphatic heterocycles. The number of hydrogen-bond acceptors (Lipinski definition) is 6. The second-order valence-corrected chi connectivity index (χ2v) is 8.01. The van der Waals surface area contributed by atoms with Crippen molar-refractivity contribution in [1.82, 2.24) is 20.5 Å². The minimum absolute atomic E-state index is 0.0608. The van der Waals surface area contributed by atoms with Crippen LogP contribution in [-0.4, -0.2) is 60.6 Å². The highest BCUT2D eigenvalue weighted by atomic mass is 32.1. The summed E-state index contributed by atoms with van der Waals surface area (Å²) < 4.78 is 5.09. The molecule has 154 valence electrons. The van der Waals surface area contributed by atoms with Crippen molar-refractivity contribution in [3.63, 3.8) is 0 Å². The zero-order valence-electron chi connectivity index (χ0n) is 17.9. The normalized spacial score (nSPS) is 13.4. The van der Waals surface area contributed by atoms with E-state index >= 15 is 0 Å². The summed E-state index contributed by atoms with van der Waals surface area (Å²) >= 11 is 1.37. The number of aromatic nitrogens is 1. The average molecular weight is 398 g/mol. The number of nitrogens with zero attached hydrogens (tertiary/aromatic N) is 3. The highest BCUT2D eigenvalue weighted by Gasteiger charge is 2.20. The third kappa shape index (κ3) is 7.10. The first kappa shape index (κ1) is 23.4. The number of ether oxygens (including phenoxy) is 1. The maximum absolute atomic E-state index is 12.0. The number of nitrogens with one attached hydrogen (secondary N) is 2. The Morgan fingerprint density at radius 3 is 2.41 bits per heavy atom. The van der Waals surface area contributed by atoms with Gasteiger partial charge in [0.2, 0.25) is 0 Å². The first-order chi connectivity index (χ1) is 12.7. The molecule has 0 saturated carbocycles. The van der Waals surface area contributed by atoms with E-state index in [4.69, 9.17) is 4.74 Å². The summed E-state index contributed by atoms with van der Waals surface area (Å²) in [5.74, 6) is 0.413. The van der Waals surface area contributed by atoms with E-state index in [-0.39, 0.29) is 12.0 Å². The lowest BCUT2D eigenvalue weighted by atomic mass is 10.2. The lowest BCUT2D eigenvalue weighted by Crippen LogP contribution is -2.45. The van der Waals surface area contributed by atoms with Gasteiger partial charge in [0.05, 0.1) is 18.3 Å². The van der Waals surface area contributed by atoms with Crippen LogP contribution in [-0.2, 0) is 4.74 Å². The lowest BCUT2D eigenvalue weighted by Gasteiger charge is -2.30. The summed E-state index contributed by atoms with van der Waals surface area (Å²) in [6.07, 6.45) is 0. The van der Waals surface area contributed by atoms with Crippen LogP contribution in [0, 0.1) is 6.92 Å². The Morgan fingerprint density at radius 1 is 1.26 bits per heavy atom. The summed E-state index contributed by atoms with van der Waals surface area (Å²) in [7, 11) is 1.75. The van der Waals surface area contributed by atoms with E-state index in [1.807, 2.05) is 13.8 Å². The number of carbonyl (C=O) groups is 1. The number of carbonyl (C=O) groups excluding carboxylic acids is 1. The summed E-state index contributed by atoms with van der Waals surface area (Å²) in [6, 6.07) is 0.940. The summed E-state index contributed by atoms with van der Waals surface area (Å²) in [6.45, 7) is 16.6. The number of aliphatic imine (C=N–C) groups is 1. The van der Waals surface area contributed by atoms with E-state index in [0.717, 1.165) is 24.1 Å². The largest absolute Gasteiger partial charge is 0.462 e. The van der Waals surface area contributed by atoms with Crippen molar-refractivity contribution in [3.05, 3.63) is 15.6 Å². The van der Waals surface area contributed by atoms with Crippen molar-refractivity contribution < 1.29 is 9.53 Å². The smallest absolute Gasteiger partial charge is 0.350 e. The van der Waals surface area contributed by atoms with Crippen molar-refractivity contribution in [2.24, 2.45) is 4.99 Å². The molecule has 1 aromatic rings. The fourth-order valence-corrected chi connectivity index (χ4v) is 3.83. The van der Waals surface area contributed by atoms with Gasteiger partial charge in [0, 0.05) is 32.2 Å². The van der Waals surface area contributed by atoms with Crippen LogP contribution in [0.2, 0.25) is 0 Å². The van der Waals surface area contributed by atoms with Crippen molar-refractivity contribution in [1.29, 1.82) is 0 Å². The molecule has 27 heavy (non-hydrogen) atoms. The first-order valence-electron chi connectivity index (χ1n) is 9.58. The minimum atomic E-state index is -0.309. The fraction of sp³-hybridized carbons (Fsp3) is 0.737. The van der Waals surface area contributed by atoms with Crippen LogP contribution in [0.1, 0.15) is 68.0 Å². The van der Waals surface area contributed by atoms with Crippen LogP contribution in [0.25, 0.3) is 0 Å². The second kappa shape index (κ2) is 11.2. The summed E-state index contributed by atoms with van der Waals surface area (Å²) in [5.41, 5.74) is 0.703. The Balaban J connectivity index is 2.65. The van der Waals surface area contributed by atoms with E-state index < -0.39 is 0 Å². The zero-order chi connectivity index (χ0) is 20.6. The summed E-state index contributed by atoms with van der Waals surface area (Å²) in [4.78, 5) is 23.8. The molecule has 1 heterocycles. The number of aryl methyl sites for hydroxylation is 1. The Kier molecular flexibility index (Phi) is 9.73. The minimum Gasteiger partial charge on any atom is -0.462 e. The third-order valence-electron chi connectivity index (χ3n) is 4.21. The Labute approximate surface area is 167 Å². The van der Waals surface area contributed by atoms with Crippen LogP contribution >= 0.6 is 11.3 Å². The molecule has 0 bridgehead atoms. The van der Waals surface area contributed by atoms with Crippen LogP contribution in [0.3, 0.4) is 0 Å². The number of guanidine groups is 1. The molecule has 0 aromatic carbocycles. The monoisotopic (exact) mass is 397 g/mol. The van der Waals surface area contributed by atoms with Crippen molar-refractivity contribution in [2.45, 2.75) is 66.6 Å². The van der Waals surface area contributed by atoms with Gasteiger partial charge in [-0.1, -0.05) is 0 Å². The SMILES string of the molecule is CCOC(=O)c1sc(C(C)NC(=NC)NCCN(C(C)C)C(C)C)nc1C. The predicted octanol–water partition coefficient (Wildman–Crippen LogP) is 2.97. The quantitative estimate of drug-likeness (QED) is 0.379. The maximum Gasteiger partial charge on any atom is 0.350 e. The zero-order valence-corrected chi connectivity index (χ0v) is 18.7. The topological polar surface area (TPSA) is 78.8 Å². The molecule has 2 N–H and O–H groups in total. The van der Waals surface area contributed by atoms with Crippen molar-refractivity contribution in [3.8, 4) is 0 Å². The Morgan fingerprint density at radius 2 is 1.89 bits per heavy atom. The van der Waals surface area contributed by atoms with Gasteiger partial charge in [-0.2, -0.15) is 0 Å². The van der Waals surface area contributed by atoms with E-state index in [1.54, 1.807) is 14.0 Å². The standard InChI is InChI=1S/C19H35N5O2S/c1-9-26-18(25)16-14(6)22-17(27-16)15(7)23-19(20-8)21-10-11-24(12(2)3)13(4)5/h12-13,15H,9-11H2,1-8H3,(H2,20,21,23). The van der Waals surface area contributed by atoms with Gasteiger partial charge in [0.1, 0.15) is 9.88 Å². The molecular formula is C19H35N5O2S. The Bertz CT molecular complexity index is 620. The molecule has 0 aliphatic rings. The molecule has 0 saturated heterocycles. The predicted molar refractivity (Wildman–Crippen MR) is 113 cm³/mol. The van der Waals surface area contributed by atoms with Gasteiger partial charge >= 0.3 is 5.97 Å². The van der Waals surface area contributed by atoms with E-state index in [0.29, 0.717) is 29.3 Å².